The van der Waals surface area contributed by atoms with E-state index in [0.717, 1.165) is 30.7 Å². The van der Waals surface area contributed by atoms with Gasteiger partial charge in [0, 0.05) is 28.4 Å². The Morgan fingerprint density at radius 3 is 2.31 bits per heavy atom. The molecular formula is C36H37Cl2N4O7+. The van der Waals surface area contributed by atoms with Gasteiger partial charge in [-0.1, -0.05) is 53.5 Å². The van der Waals surface area contributed by atoms with E-state index in [1.165, 1.54) is 31.5 Å². The van der Waals surface area contributed by atoms with E-state index >= 15 is 0 Å². The van der Waals surface area contributed by atoms with Gasteiger partial charge in [-0.3, -0.25) is 15.0 Å². The molecule has 2 N–H and O–H groups in total. The molecule has 2 aromatic carbocycles. The molecule has 49 heavy (non-hydrogen) atoms. The van der Waals surface area contributed by atoms with Crippen LogP contribution in [0.5, 0.6) is 11.5 Å². The number of carbonyl (C=O) groups is 2. The molecule has 256 valence electrons. The Kier molecular flexibility index (Phi) is 10.4. The predicted octanol–water partition coefficient (Wildman–Crippen LogP) is 6.24. The summed E-state index contributed by atoms with van der Waals surface area (Å²) in [6.07, 6.45) is 4.05. The topological polar surface area (TPSA) is 126 Å². The Morgan fingerprint density at radius 2 is 1.69 bits per heavy atom. The number of anilines is 1. The molecule has 1 amide bonds. The fraction of sp³-hybridized carbons (Fsp3) is 0.333. The minimum absolute atomic E-state index is 0.0155. The Balaban J connectivity index is 1.37. The van der Waals surface area contributed by atoms with Crippen LogP contribution in [-0.4, -0.2) is 72.2 Å². The van der Waals surface area contributed by atoms with Gasteiger partial charge in [0.1, 0.15) is 16.1 Å². The number of carboxylic acids is 1. The Hall–Kier alpha value is -4.58. The van der Waals surface area contributed by atoms with Gasteiger partial charge in [-0.05, 0) is 79.7 Å². The van der Waals surface area contributed by atoms with Gasteiger partial charge < -0.3 is 19.3 Å². The van der Waals surface area contributed by atoms with E-state index < -0.39 is 18.0 Å². The number of nitrogens with zero attached hydrogens (tertiary/aromatic N) is 4. The SMILES string of the molecule is COc1ccc([C@H](Cc2c(Cl)c[n+](O)cc2Cl)c2ccc(CN(C(=O)O[C@H]3CN4CCC3CC4)c3ccccc3)nc2C(=O)O)cc1OC. The molecule has 0 spiro atoms. The molecule has 3 aliphatic rings. The van der Waals surface area contributed by atoms with Crippen molar-refractivity contribution in [3.8, 4) is 11.5 Å². The maximum atomic E-state index is 13.7. The second kappa shape index (κ2) is 14.9. The summed E-state index contributed by atoms with van der Waals surface area (Å²) in [5, 5.41) is 20.9. The van der Waals surface area contributed by atoms with Crippen molar-refractivity contribution in [1.82, 2.24) is 9.88 Å². The third-order valence-corrected chi connectivity index (χ3v) is 9.96. The van der Waals surface area contributed by atoms with E-state index in [-0.39, 0.29) is 34.8 Å². The van der Waals surface area contributed by atoms with Gasteiger partial charge in [0.25, 0.3) is 0 Å². The van der Waals surface area contributed by atoms with Crippen LogP contribution in [0.15, 0.2) is 73.1 Å². The number of ether oxygens (including phenoxy) is 3. The van der Waals surface area contributed by atoms with E-state index in [9.17, 15) is 19.9 Å². The highest BCUT2D eigenvalue weighted by Gasteiger charge is 2.37. The van der Waals surface area contributed by atoms with Gasteiger partial charge in [-0.25, -0.2) is 14.6 Å². The second-order valence-electron chi connectivity index (χ2n) is 12.2. The lowest BCUT2D eigenvalue weighted by Gasteiger charge is -2.44. The third kappa shape index (κ3) is 7.54. The number of para-hydroxylation sites is 1. The number of amides is 1. The number of piperidine rings is 3. The van der Waals surface area contributed by atoms with Crippen molar-refractivity contribution in [2.75, 3.05) is 38.8 Å². The number of fused-ring (bicyclic) bond motifs is 3. The number of aromatic nitrogens is 2. The summed E-state index contributed by atoms with van der Waals surface area (Å²) in [5.41, 5.74) is 2.34. The zero-order valence-electron chi connectivity index (χ0n) is 27.1. The maximum absolute atomic E-state index is 13.7. The summed E-state index contributed by atoms with van der Waals surface area (Å²) in [4.78, 5) is 35.0. The van der Waals surface area contributed by atoms with Crippen LogP contribution >= 0.6 is 23.2 Å². The Labute approximate surface area is 294 Å². The molecule has 11 nitrogen and oxygen atoms in total. The molecule has 3 saturated heterocycles. The predicted molar refractivity (Wildman–Crippen MR) is 182 cm³/mol. The molecule has 7 rings (SSSR count). The van der Waals surface area contributed by atoms with Crippen LogP contribution in [0.4, 0.5) is 10.5 Å². The number of methoxy groups -OCH3 is 2. The molecule has 0 radical (unpaired) electrons. The molecule has 3 aliphatic heterocycles. The van der Waals surface area contributed by atoms with Gasteiger partial charge >= 0.3 is 12.1 Å². The van der Waals surface area contributed by atoms with Crippen molar-refractivity contribution in [2.24, 2.45) is 5.92 Å². The van der Waals surface area contributed by atoms with E-state index in [1.807, 2.05) is 24.3 Å². The summed E-state index contributed by atoms with van der Waals surface area (Å²) in [6.45, 7) is 2.73. The summed E-state index contributed by atoms with van der Waals surface area (Å²) < 4.78 is 17.8. The van der Waals surface area contributed by atoms with Gasteiger partial charge in [0.2, 0.25) is 12.4 Å². The average molecular weight is 709 g/mol. The van der Waals surface area contributed by atoms with Gasteiger partial charge in [-0.2, -0.15) is 0 Å². The van der Waals surface area contributed by atoms with Crippen LogP contribution in [0.3, 0.4) is 0 Å². The maximum Gasteiger partial charge on any atom is 0.414 e. The fourth-order valence-electron chi connectivity index (χ4n) is 6.74. The first kappa shape index (κ1) is 34.3. The van der Waals surface area contributed by atoms with Crippen LogP contribution in [0.25, 0.3) is 0 Å². The third-order valence-electron chi connectivity index (χ3n) is 9.30. The van der Waals surface area contributed by atoms with Gasteiger partial charge in [0.05, 0.1) is 26.5 Å². The van der Waals surface area contributed by atoms with E-state index in [0.29, 0.717) is 52.0 Å². The monoisotopic (exact) mass is 707 g/mol. The second-order valence-corrected chi connectivity index (χ2v) is 13.0. The van der Waals surface area contributed by atoms with Crippen LogP contribution in [0, 0.1) is 5.92 Å². The minimum Gasteiger partial charge on any atom is -0.493 e. The fourth-order valence-corrected chi connectivity index (χ4v) is 7.34. The molecule has 3 fully saturated rings. The van der Waals surface area contributed by atoms with Crippen molar-refractivity contribution in [2.45, 2.75) is 37.8 Å². The number of rotatable bonds is 11. The Morgan fingerprint density at radius 1 is 1.00 bits per heavy atom. The van der Waals surface area contributed by atoms with E-state index in [2.05, 4.69) is 9.88 Å². The number of carboxylic acid groups (broad SMARTS) is 1. The molecule has 2 bridgehead atoms. The molecule has 13 heteroatoms. The summed E-state index contributed by atoms with van der Waals surface area (Å²) in [6, 6.07) is 17.8. The van der Waals surface area contributed by atoms with E-state index in [1.54, 1.807) is 36.4 Å². The summed E-state index contributed by atoms with van der Waals surface area (Å²) in [5.74, 6) is -0.596. The lowest BCUT2D eigenvalue weighted by molar-refractivity contribution is -0.904. The zero-order valence-corrected chi connectivity index (χ0v) is 28.6. The minimum atomic E-state index is -1.25. The molecule has 0 aliphatic carbocycles. The summed E-state index contributed by atoms with van der Waals surface area (Å²) >= 11 is 13.1. The number of halogens is 2. The quantitative estimate of drug-likeness (QED) is 0.138. The normalized spacial score (nSPS) is 18.8. The highest BCUT2D eigenvalue weighted by Crippen LogP contribution is 2.39. The molecule has 4 aromatic rings. The molecule has 0 unspecified atom stereocenters. The van der Waals surface area contributed by atoms with Gasteiger partial charge in [-0.15, -0.1) is 0 Å². The smallest absolute Gasteiger partial charge is 0.414 e. The first-order valence-electron chi connectivity index (χ1n) is 15.9. The highest BCUT2D eigenvalue weighted by molar-refractivity contribution is 6.35. The van der Waals surface area contributed by atoms with Gasteiger partial charge in [0.15, 0.2) is 17.2 Å². The molecule has 0 saturated carbocycles. The number of hydrogen-bond acceptors (Lipinski definition) is 8. The lowest BCUT2D eigenvalue weighted by atomic mass is 9.84. The molecule has 5 heterocycles. The number of pyridine rings is 2. The molecule has 2 atom stereocenters. The lowest BCUT2D eigenvalue weighted by Crippen LogP contribution is -2.53. The number of benzene rings is 2. The van der Waals surface area contributed by atoms with Crippen molar-refractivity contribution in [1.29, 1.82) is 0 Å². The highest BCUT2D eigenvalue weighted by atomic mass is 35.5. The first-order chi connectivity index (χ1) is 23.6. The molecule has 2 aromatic heterocycles. The number of aromatic carboxylic acids is 1. The Bertz CT molecular complexity index is 1810. The summed E-state index contributed by atoms with van der Waals surface area (Å²) in [7, 11) is 3.04. The largest absolute Gasteiger partial charge is 0.493 e. The zero-order chi connectivity index (χ0) is 34.7. The first-order valence-corrected chi connectivity index (χ1v) is 16.7. The van der Waals surface area contributed by atoms with Crippen molar-refractivity contribution >= 4 is 41.0 Å². The van der Waals surface area contributed by atoms with Crippen molar-refractivity contribution in [3.63, 3.8) is 0 Å². The average Bonchev–Trinajstić information content (AvgIpc) is 3.11. The molecular weight excluding hydrogens is 671 g/mol. The van der Waals surface area contributed by atoms with Crippen LogP contribution in [0.1, 0.15) is 51.6 Å². The van der Waals surface area contributed by atoms with Crippen molar-refractivity contribution in [3.05, 3.63) is 111 Å². The van der Waals surface area contributed by atoms with Crippen LogP contribution in [0.2, 0.25) is 10.0 Å². The van der Waals surface area contributed by atoms with Crippen molar-refractivity contribution < 1.29 is 38.8 Å². The number of carbonyl (C=O) groups excluding carboxylic acids is 1. The number of hydrogen-bond donors (Lipinski definition) is 2. The standard InChI is InChI=1S/C36H36Cl2N4O7/c1-47-31-11-8-23(16-32(31)48-2)27(17-28-29(37)19-41(46)20-30(28)38)26-10-9-24(39-34(26)35(43)44)18-42(25-6-4-3-5-7-25)36(45)49-33-21-40-14-12-22(33)13-15-40/h3-11,16,19-20,22,27,33H,12-15,17-18,21H2,1-2H3,(H-,43,44,46)/p+1/t27-,33-/m0/s1. The van der Waals surface area contributed by atoms with E-state index in [4.69, 9.17) is 37.4 Å². The van der Waals surface area contributed by atoms with Crippen LogP contribution < -0.4 is 19.1 Å². The van der Waals surface area contributed by atoms with Crippen LogP contribution in [-0.2, 0) is 17.7 Å².